The van der Waals surface area contributed by atoms with Crippen LogP contribution in [0, 0.1) is 11.5 Å². The lowest BCUT2D eigenvalue weighted by Gasteiger charge is -2.41. The van der Waals surface area contributed by atoms with E-state index in [1.54, 1.807) is 0 Å². The monoisotopic (exact) mass is 396 g/mol. The molecule has 2 aliphatic rings. The van der Waals surface area contributed by atoms with Crippen LogP contribution in [-0.2, 0) is 4.74 Å². The molecule has 2 aromatic rings. The van der Waals surface area contributed by atoms with E-state index >= 15 is 0 Å². The Labute approximate surface area is 155 Å². The van der Waals surface area contributed by atoms with Gasteiger partial charge in [-0.25, -0.2) is 0 Å². The van der Waals surface area contributed by atoms with Crippen LogP contribution in [-0.4, -0.2) is 24.5 Å². The third-order valence-electron chi connectivity index (χ3n) is 4.85. The third kappa shape index (κ3) is 3.20. The molecule has 25 heavy (non-hydrogen) atoms. The molecular formula is C20H17BrN2O2. The number of ether oxygens (including phenoxy) is 2. The van der Waals surface area contributed by atoms with E-state index in [1.807, 2.05) is 24.4 Å². The van der Waals surface area contributed by atoms with Gasteiger partial charge in [-0.2, -0.15) is 10.3 Å². The lowest BCUT2D eigenvalue weighted by atomic mass is 9.83. The maximum atomic E-state index is 9.14. The quantitative estimate of drug-likeness (QED) is 0.655. The molecule has 1 spiro atoms. The van der Waals surface area contributed by atoms with E-state index in [9.17, 15) is 0 Å². The molecule has 0 amide bonds. The Morgan fingerprint density at radius 2 is 1.88 bits per heavy atom. The highest BCUT2D eigenvalue weighted by molar-refractivity contribution is 9.10. The van der Waals surface area contributed by atoms with Gasteiger partial charge in [0.25, 0.3) is 0 Å². The summed E-state index contributed by atoms with van der Waals surface area (Å²) in [5, 5.41) is 9.14. The first kappa shape index (κ1) is 16.3. The van der Waals surface area contributed by atoms with E-state index in [-0.39, 0.29) is 5.60 Å². The molecule has 0 unspecified atom stereocenters. The van der Waals surface area contributed by atoms with Gasteiger partial charge >= 0.3 is 0 Å². The minimum absolute atomic E-state index is 0.293. The molecule has 0 atom stereocenters. The average Bonchev–Trinajstić information content (AvgIpc) is 2.62. The van der Waals surface area contributed by atoms with Crippen LogP contribution in [0.15, 0.2) is 51.9 Å². The molecule has 0 bridgehead atoms. The van der Waals surface area contributed by atoms with Gasteiger partial charge in [-0.15, -0.1) is 0 Å². The Bertz CT molecular complexity index is 880. The lowest BCUT2D eigenvalue weighted by molar-refractivity contribution is -0.0441. The van der Waals surface area contributed by atoms with Crippen molar-refractivity contribution in [3.8, 4) is 23.1 Å². The molecule has 4 rings (SSSR count). The smallest absolute Gasteiger partial charge is 0.205 e. The van der Waals surface area contributed by atoms with Crippen LogP contribution in [0.2, 0.25) is 0 Å². The summed E-state index contributed by atoms with van der Waals surface area (Å²) in [4.78, 5) is 4.12. The van der Waals surface area contributed by atoms with Crippen LogP contribution in [0.1, 0.15) is 24.8 Å². The predicted molar refractivity (Wildman–Crippen MR) is 99.8 cm³/mol. The highest BCUT2D eigenvalue weighted by atomic mass is 79.9. The zero-order valence-electron chi connectivity index (χ0n) is 13.7. The fourth-order valence-corrected chi connectivity index (χ4v) is 3.94. The Kier molecular flexibility index (Phi) is 4.32. The lowest BCUT2D eigenvalue weighted by Crippen LogP contribution is -2.46. The molecule has 2 aromatic carbocycles. The van der Waals surface area contributed by atoms with E-state index < -0.39 is 0 Å². The maximum Gasteiger partial charge on any atom is 0.205 e. The molecule has 1 fully saturated rings. The highest BCUT2D eigenvalue weighted by Crippen LogP contribution is 2.40. The van der Waals surface area contributed by atoms with E-state index in [0.29, 0.717) is 19.6 Å². The molecule has 4 nitrogen and oxygen atoms in total. The average molecular weight is 397 g/mol. The van der Waals surface area contributed by atoms with Crippen molar-refractivity contribution in [1.82, 2.24) is 0 Å². The van der Waals surface area contributed by atoms with Crippen molar-refractivity contribution < 1.29 is 9.47 Å². The molecular weight excluding hydrogens is 380 g/mol. The van der Waals surface area contributed by atoms with E-state index in [2.05, 4.69) is 45.2 Å². The normalized spacial score (nSPS) is 19.9. The summed E-state index contributed by atoms with van der Waals surface area (Å²) in [5.41, 5.74) is 3.62. The van der Waals surface area contributed by atoms with Crippen LogP contribution < -0.4 is 4.74 Å². The number of aliphatic imine (C=N–C) groups is 1. The van der Waals surface area contributed by atoms with Gasteiger partial charge in [-0.1, -0.05) is 34.1 Å². The summed E-state index contributed by atoms with van der Waals surface area (Å²) in [7, 11) is 0. The topological polar surface area (TPSA) is 54.6 Å². The minimum Gasteiger partial charge on any atom is -0.486 e. The fourth-order valence-electron chi connectivity index (χ4n) is 3.54. The van der Waals surface area contributed by atoms with Crippen molar-refractivity contribution in [3.05, 3.63) is 52.5 Å². The predicted octanol–water partition coefficient (Wildman–Crippen LogP) is 4.72. The molecule has 0 radical (unpaired) electrons. The Balaban J connectivity index is 1.77. The molecule has 1 saturated heterocycles. The number of halogens is 1. The largest absolute Gasteiger partial charge is 0.486 e. The van der Waals surface area contributed by atoms with Gasteiger partial charge in [0.2, 0.25) is 6.19 Å². The van der Waals surface area contributed by atoms with Gasteiger partial charge in [0.1, 0.15) is 11.4 Å². The molecule has 0 aromatic heterocycles. The Morgan fingerprint density at radius 3 is 2.64 bits per heavy atom. The molecule has 2 aliphatic heterocycles. The number of fused-ring (bicyclic) bond motifs is 1. The van der Waals surface area contributed by atoms with Gasteiger partial charge in [0, 0.05) is 29.3 Å². The van der Waals surface area contributed by atoms with Crippen LogP contribution in [0.5, 0.6) is 5.75 Å². The number of nitrogens with zero attached hydrogens (tertiary/aromatic N) is 2. The van der Waals surface area contributed by atoms with E-state index in [0.717, 1.165) is 45.5 Å². The summed E-state index contributed by atoms with van der Waals surface area (Å²) in [6.07, 6.45) is 4.26. The third-order valence-corrected chi connectivity index (χ3v) is 5.35. The summed E-state index contributed by atoms with van der Waals surface area (Å²) in [6, 6.07) is 14.3. The maximum absolute atomic E-state index is 9.14. The van der Waals surface area contributed by atoms with Crippen LogP contribution in [0.3, 0.4) is 0 Å². The summed E-state index contributed by atoms with van der Waals surface area (Å²) in [5.74, 6) is 0.806. The van der Waals surface area contributed by atoms with Gasteiger partial charge in [0.15, 0.2) is 0 Å². The first-order valence-electron chi connectivity index (χ1n) is 8.32. The summed E-state index contributed by atoms with van der Waals surface area (Å²) >= 11 is 3.52. The number of hydrogen-bond acceptors (Lipinski definition) is 4. The van der Waals surface area contributed by atoms with Crippen molar-refractivity contribution >= 4 is 21.6 Å². The van der Waals surface area contributed by atoms with E-state index in [1.165, 1.54) is 0 Å². The highest BCUT2D eigenvalue weighted by Gasteiger charge is 2.41. The number of hydrogen-bond donors (Lipinski definition) is 0. The second-order valence-corrected chi connectivity index (χ2v) is 7.37. The molecule has 2 heterocycles. The van der Waals surface area contributed by atoms with Crippen molar-refractivity contribution in [2.45, 2.75) is 24.9 Å². The molecule has 0 aliphatic carbocycles. The van der Waals surface area contributed by atoms with E-state index in [4.69, 9.17) is 14.7 Å². The molecule has 0 N–H and O–H groups in total. The Hall–Kier alpha value is -2.16. The minimum atomic E-state index is -0.293. The first-order valence-corrected chi connectivity index (χ1v) is 9.11. The van der Waals surface area contributed by atoms with Gasteiger partial charge < -0.3 is 9.47 Å². The summed E-state index contributed by atoms with van der Waals surface area (Å²) < 4.78 is 12.9. The second-order valence-electron chi connectivity index (χ2n) is 6.45. The van der Waals surface area contributed by atoms with Crippen molar-refractivity contribution in [2.24, 2.45) is 4.99 Å². The van der Waals surface area contributed by atoms with Crippen LogP contribution >= 0.6 is 15.9 Å². The first-order chi connectivity index (χ1) is 12.2. The number of benzene rings is 2. The number of rotatable bonds is 1. The van der Waals surface area contributed by atoms with Crippen molar-refractivity contribution in [2.75, 3.05) is 13.2 Å². The van der Waals surface area contributed by atoms with Crippen LogP contribution in [0.4, 0.5) is 0 Å². The second kappa shape index (κ2) is 6.62. The van der Waals surface area contributed by atoms with Crippen molar-refractivity contribution in [3.63, 3.8) is 0 Å². The molecule has 5 heteroatoms. The molecule has 126 valence electrons. The SMILES string of the molecule is N#C/N=C1/CC2(CCOCC2)Oc2ccc(-c3cccc(Br)c3)cc21. The van der Waals surface area contributed by atoms with Gasteiger partial charge in [-0.3, -0.25) is 0 Å². The zero-order chi connectivity index (χ0) is 17.3. The number of nitriles is 1. The zero-order valence-corrected chi connectivity index (χ0v) is 15.3. The van der Waals surface area contributed by atoms with Gasteiger partial charge in [0.05, 0.1) is 18.9 Å². The molecule has 0 saturated carbocycles. The standard InChI is InChI=1S/C20H17BrN2O2/c21-16-3-1-2-14(10-16)15-4-5-19-17(11-15)18(23-13-22)12-20(25-19)6-8-24-9-7-20/h1-5,10-11H,6-9,12H2/b23-18-. The fraction of sp³-hybridized carbons (Fsp3) is 0.300. The van der Waals surface area contributed by atoms with Crippen molar-refractivity contribution in [1.29, 1.82) is 5.26 Å². The van der Waals surface area contributed by atoms with Gasteiger partial charge in [-0.05, 0) is 35.4 Å². The summed E-state index contributed by atoms with van der Waals surface area (Å²) in [6.45, 7) is 1.37. The Morgan fingerprint density at radius 1 is 1.08 bits per heavy atom. The van der Waals surface area contributed by atoms with Crippen LogP contribution in [0.25, 0.3) is 11.1 Å².